The van der Waals surface area contributed by atoms with Crippen LogP contribution in [0.25, 0.3) is 0 Å². The van der Waals surface area contributed by atoms with E-state index in [4.69, 9.17) is 9.57 Å². The molecule has 0 fully saturated rings. The van der Waals surface area contributed by atoms with E-state index in [1.807, 2.05) is 6.92 Å². The van der Waals surface area contributed by atoms with Gasteiger partial charge in [-0.1, -0.05) is 20.3 Å². The fraction of sp³-hybridized carbons (Fsp3) is 0.538. The predicted molar refractivity (Wildman–Crippen MR) is 72.6 cm³/mol. The summed E-state index contributed by atoms with van der Waals surface area (Å²) < 4.78 is 35.7. The lowest BCUT2D eigenvalue weighted by Gasteiger charge is -2.02. The highest BCUT2D eigenvalue weighted by atomic mass is 19.4. The maximum atomic E-state index is 11.6. The molecule has 9 heteroatoms. The van der Waals surface area contributed by atoms with Crippen LogP contribution >= 0.6 is 0 Å². The molecule has 0 unspecified atom stereocenters. The summed E-state index contributed by atoms with van der Waals surface area (Å²) in [6.07, 6.45) is 6.30. The third-order valence-corrected chi connectivity index (χ3v) is 2.21. The van der Waals surface area contributed by atoms with Gasteiger partial charge in [0.2, 0.25) is 12.4 Å². The van der Waals surface area contributed by atoms with Crippen LogP contribution in [0.5, 0.6) is 0 Å². The third kappa shape index (κ3) is 12.0. The Kier molecular flexibility index (Phi) is 14.5. The Balaban J connectivity index is 0. The van der Waals surface area contributed by atoms with Crippen LogP contribution in [-0.2, 0) is 4.74 Å². The number of aromatic nitrogens is 1. The van der Waals surface area contributed by atoms with E-state index in [0.717, 1.165) is 19.3 Å². The predicted octanol–water partition coefficient (Wildman–Crippen LogP) is -0.347. The van der Waals surface area contributed by atoms with Crippen LogP contribution in [0.3, 0.4) is 0 Å². The molecule has 4 nitrogen and oxygen atoms in total. The highest BCUT2D eigenvalue weighted by Crippen LogP contribution is 1.99. The second-order valence-corrected chi connectivity index (χ2v) is 4.02. The zero-order chi connectivity index (χ0) is 16.1. The van der Waals surface area contributed by atoms with Crippen molar-refractivity contribution in [2.75, 3.05) is 13.2 Å². The van der Waals surface area contributed by atoms with Gasteiger partial charge in [-0.2, -0.15) is 0 Å². The van der Waals surface area contributed by atoms with Crippen molar-refractivity contribution < 1.29 is 36.8 Å². The van der Waals surface area contributed by atoms with E-state index in [1.165, 1.54) is 0 Å². The monoisotopic (exact) mass is 325 g/mol. The number of halogens is 4. The molecule has 0 aliphatic heterocycles. The molecule has 1 rings (SSSR count). The van der Waals surface area contributed by atoms with Crippen molar-refractivity contribution in [3.8, 4) is 0 Å². The molecule has 1 aromatic heterocycles. The molecular weight excluding hydrogens is 305 g/mol. The minimum absolute atomic E-state index is 0. The quantitative estimate of drug-likeness (QED) is 0.226. The average Bonchev–Trinajstić information content (AvgIpc) is 2.45. The average molecular weight is 325 g/mol. The van der Waals surface area contributed by atoms with Gasteiger partial charge in [0.25, 0.3) is 0 Å². The van der Waals surface area contributed by atoms with Gasteiger partial charge in [0.1, 0.15) is 0 Å². The van der Waals surface area contributed by atoms with Crippen LogP contribution < -0.4 is 14.3 Å². The fourth-order valence-electron chi connectivity index (χ4n) is 1.22. The number of hydrogen-bond donors (Lipinski definition) is 0. The first-order valence-electron chi connectivity index (χ1n) is 6.75. The summed E-state index contributed by atoms with van der Waals surface area (Å²) in [5.74, 6) is -0.277. The number of rotatable bonds is 7. The summed E-state index contributed by atoms with van der Waals surface area (Å²) in [6, 6.07) is 3.40. The lowest BCUT2D eigenvalue weighted by atomic mass is 10.3. The Morgan fingerprint density at radius 1 is 1.14 bits per heavy atom. The summed E-state index contributed by atoms with van der Waals surface area (Å²) in [5.41, 5.74) is 0.553. The number of esters is 1. The Hall–Kier alpha value is -1.80. The molecule has 22 heavy (non-hydrogen) atoms. The SMILES string of the molecule is CCCCOC(=O)c1cc[n+](OCCC)cc1.FB(F)F.[F-]. The van der Waals surface area contributed by atoms with E-state index in [-0.39, 0.29) is 10.7 Å². The van der Waals surface area contributed by atoms with E-state index in [0.29, 0.717) is 18.8 Å². The van der Waals surface area contributed by atoms with E-state index in [9.17, 15) is 17.7 Å². The zero-order valence-electron chi connectivity index (χ0n) is 12.6. The molecule has 0 saturated carbocycles. The number of nitrogens with zero attached hydrogens (tertiary/aromatic N) is 1. The Morgan fingerprint density at radius 2 is 1.68 bits per heavy atom. The summed E-state index contributed by atoms with van der Waals surface area (Å²) in [4.78, 5) is 16.9. The van der Waals surface area contributed by atoms with Crippen molar-refractivity contribution in [2.24, 2.45) is 0 Å². The highest BCUT2D eigenvalue weighted by Gasteiger charge is 2.09. The molecule has 0 aromatic carbocycles. The third-order valence-electron chi connectivity index (χ3n) is 2.21. The smallest absolute Gasteiger partial charge is 0.762 e. The van der Waals surface area contributed by atoms with Crippen LogP contribution in [0.4, 0.5) is 12.9 Å². The first kappa shape index (κ1) is 22.5. The van der Waals surface area contributed by atoms with Gasteiger partial charge in [-0.05, 0) is 12.8 Å². The lowest BCUT2D eigenvalue weighted by molar-refractivity contribution is -0.891. The van der Waals surface area contributed by atoms with Crippen LogP contribution in [0.1, 0.15) is 43.5 Å². The van der Waals surface area contributed by atoms with Crippen LogP contribution in [0, 0.1) is 0 Å². The zero-order valence-corrected chi connectivity index (χ0v) is 12.6. The molecule has 0 aliphatic carbocycles. The summed E-state index contributed by atoms with van der Waals surface area (Å²) >= 11 is 0. The highest BCUT2D eigenvalue weighted by molar-refractivity contribution is 6.33. The number of pyridine rings is 1. The normalized spacial score (nSPS) is 8.95. The molecule has 0 saturated heterocycles. The van der Waals surface area contributed by atoms with Gasteiger partial charge in [0.15, 0.2) is 6.61 Å². The maximum absolute atomic E-state index is 11.6. The van der Waals surface area contributed by atoms with Crippen LogP contribution in [-0.4, -0.2) is 26.7 Å². The van der Waals surface area contributed by atoms with E-state index >= 15 is 0 Å². The van der Waals surface area contributed by atoms with Gasteiger partial charge in [0, 0.05) is 16.9 Å². The van der Waals surface area contributed by atoms with Gasteiger partial charge in [-0.3, -0.25) is 17.8 Å². The number of ether oxygens (including phenoxy) is 1. The fourth-order valence-corrected chi connectivity index (χ4v) is 1.22. The second kappa shape index (κ2) is 14.2. The summed E-state index contributed by atoms with van der Waals surface area (Å²) in [6.45, 7) is 5.24. The number of hydrogen-bond acceptors (Lipinski definition) is 3. The Bertz CT molecular complexity index is 391. The minimum atomic E-state index is -3.67. The van der Waals surface area contributed by atoms with Crippen molar-refractivity contribution in [3.05, 3.63) is 30.1 Å². The molecular formula is C13H20BF4NO3. The molecule has 0 amide bonds. The molecule has 0 bridgehead atoms. The Morgan fingerprint density at radius 3 is 2.14 bits per heavy atom. The number of carbonyl (C=O) groups excluding carboxylic acids is 1. The molecule has 1 aromatic rings. The van der Waals surface area contributed by atoms with E-state index in [2.05, 4.69) is 6.92 Å². The van der Waals surface area contributed by atoms with Crippen molar-refractivity contribution >= 4 is 13.5 Å². The van der Waals surface area contributed by atoms with Gasteiger partial charge < -0.3 is 9.44 Å². The minimum Gasteiger partial charge on any atom is -1.00 e. The van der Waals surface area contributed by atoms with Gasteiger partial charge in [-0.15, -0.1) is 0 Å². The first-order valence-corrected chi connectivity index (χ1v) is 6.75. The van der Waals surface area contributed by atoms with Gasteiger partial charge in [0.05, 0.1) is 12.2 Å². The number of carbonyl (C=O) groups is 1. The molecule has 0 radical (unpaired) electrons. The van der Waals surface area contributed by atoms with Crippen molar-refractivity contribution in [1.82, 2.24) is 0 Å². The summed E-state index contributed by atoms with van der Waals surface area (Å²) in [5, 5.41) is 0. The van der Waals surface area contributed by atoms with Crippen molar-refractivity contribution in [2.45, 2.75) is 33.1 Å². The summed E-state index contributed by atoms with van der Waals surface area (Å²) in [7, 11) is -3.67. The van der Waals surface area contributed by atoms with Gasteiger partial charge in [-0.25, -0.2) is 4.79 Å². The first-order chi connectivity index (χ1) is 10.0. The lowest BCUT2D eigenvalue weighted by Crippen LogP contribution is -3.00. The van der Waals surface area contributed by atoms with Crippen molar-refractivity contribution in [3.63, 3.8) is 0 Å². The topological polar surface area (TPSA) is 39.4 Å². The molecule has 0 aliphatic rings. The largest absolute Gasteiger partial charge is 1.00 e. The number of unbranched alkanes of at least 4 members (excludes halogenated alkanes) is 1. The molecule has 1 heterocycles. The maximum Gasteiger partial charge on any atom is 0.762 e. The van der Waals surface area contributed by atoms with Gasteiger partial charge >= 0.3 is 13.5 Å². The Labute approximate surface area is 127 Å². The van der Waals surface area contributed by atoms with Crippen LogP contribution in [0.2, 0.25) is 0 Å². The molecule has 0 atom stereocenters. The van der Waals surface area contributed by atoms with E-state index in [1.54, 1.807) is 29.3 Å². The van der Waals surface area contributed by atoms with Crippen molar-refractivity contribution in [1.29, 1.82) is 0 Å². The molecule has 126 valence electrons. The van der Waals surface area contributed by atoms with E-state index < -0.39 is 7.54 Å². The molecule has 0 spiro atoms. The van der Waals surface area contributed by atoms with Crippen LogP contribution in [0.15, 0.2) is 24.5 Å². The molecule has 0 N–H and O–H groups in total. The second-order valence-electron chi connectivity index (χ2n) is 4.02. The standard InChI is InChI=1S/C13H20NO3.BF3.FH/c1-3-5-11-16-13(15)12-6-8-14(9-7-12)17-10-4-2;2-1(3)4;/h6-9H,3-5,10-11H2,1-2H3;;1H/q+1;;/p-1.